The lowest BCUT2D eigenvalue weighted by Gasteiger charge is -2.04. The Bertz CT molecular complexity index is 172. The fourth-order valence-electron chi connectivity index (χ4n) is 1.14. The molecule has 0 saturated heterocycles. The van der Waals surface area contributed by atoms with E-state index < -0.39 is 0 Å². The Balaban J connectivity index is 3.42. The second kappa shape index (κ2) is 9.05. The Hall–Kier alpha value is -0.520. The van der Waals surface area contributed by atoms with Crippen molar-refractivity contribution in [2.75, 3.05) is 14.2 Å². The average Bonchev–Trinajstić information content (AvgIpc) is 2.16. The smallest absolute Gasteiger partial charge is 0.221 e. The van der Waals surface area contributed by atoms with Crippen LogP contribution in [0.5, 0.6) is 0 Å². The van der Waals surface area contributed by atoms with Crippen molar-refractivity contribution in [1.82, 2.24) is 0 Å². The van der Waals surface area contributed by atoms with Gasteiger partial charge in [-0.1, -0.05) is 32.6 Å². The van der Waals surface area contributed by atoms with Crippen LogP contribution in [0.25, 0.3) is 0 Å². The van der Waals surface area contributed by atoms with Gasteiger partial charge in [-0.25, -0.2) is 0 Å². The molecule has 0 N–H and O–H groups in total. The first-order valence-electron chi connectivity index (χ1n) is 5.24. The summed E-state index contributed by atoms with van der Waals surface area (Å²) in [5.41, 5.74) is 0. The molecule has 0 rings (SSSR count). The molecule has 0 saturated carbocycles. The number of ether oxygens (including phenoxy) is 2. The Morgan fingerprint density at radius 1 is 1.07 bits per heavy atom. The summed E-state index contributed by atoms with van der Waals surface area (Å²) in [5, 5.41) is 0. The van der Waals surface area contributed by atoms with Gasteiger partial charge in [0.1, 0.15) is 0 Å². The topological polar surface area (TPSA) is 18.5 Å². The fourth-order valence-corrected chi connectivity index (χ4v) is 1.14. The van der Waals surface area contributed by atoms with Crippen LogP contribution in [0.3, 0.4) is 0 Å². The van der Waals surface area contributed by atoms with Gasteiger partial charge < -0.3 is 9.47 Å². The summed E-state index contributed by atoms with van der Waals surface area (Å²) < 4.78 is 9.90. The van der Waals surface area contributed by atoms with E-state index in [2.05, 4.69) is 25.7 Å². The summed E-state index contributed by atoms with van der Waals surface area (Å²) in [4.78, 5) is 0. The predicted molar refractivity (Wildman–Crippen MR) is 58.9 cm³/mol. The third-order valence-electron chi connectivity index (χ3n) is 1.98. The summed E-state index contributed by atoms with van der Waals surface area (Å²) in [5.74, 6) is 6.77. The Morgan fingerprint density at radius 3 is 2.21 bits per heavy atom. The second-order valence-electron chi connectivity index (χ2n) is 3.76. The quantitative estimate of drug-likeness (QED) is 0.371. The summed E-state index contributed by atoms with van der Waals surface area (Å²) in [7, 11) is 3.20. The van der Waals surface area contributed by atoms with Crippen LogP contribution in [0, 0.1) is 17.8 Å². The molecule has 0 unspecified atom stereocenters. The first kappa shape index (κ1) is 13.5. The van der Waals surface area contributed by atoms with Gasteiger partial charge in [0.25, 0.3) is 0 Å². The van der Waals surface area contributed by atoms with Crippen LogP contribution in [0.4, 0.5) is 0 Å². The third-order valence-corrected chi connectivity index (χ3v) is 1.98. The Labute approximate surface area is 88.0 Å². The van der Waals surface area contributed by atoms with E-state index in [0.29, 0.717) is 0 Å². The first-order chi connectivity index (χ1) is 6.70. The molecule has 82 valence electrons. The largest absolute Gasteiger partial charge is 0.345 e. The number of rotatable bonds is 6. The maximum Gasteiger partial charge on any atom is 0.221 e. The summed E-state index contributed by atoms with van der Waals surface area (Å²) in [6.45, 7) is 4.50. The molecular weight excluding hydrogens is 176 g/mol. The van der Waals surface area contributed by atoms with Gasteiger partial charge in [-0.15, -0.1) is 0 Å². The zero-order chi connectivity index (χ0) is 10.8. The van der Waals surface area contributed by atoms with Crippen LogP contribution in [0.2, 0.25) is 0 Å². The normalized spacial score (nSPS) is 10.4. The fraction of sp³-hybridized carbons (Fsp3) is 0.833. The summed E-state index contributed by atoms with van der Waals surface area (Å²) in [6.07, 6.45) is 4.30. The van der Waals surface area contributed by atoms with Gasteiger partial charge in [-0.2, -0.15) is 0 Å². The van der Waals surface area contributed by atoms with E-state index >= 15 is 0 Å². The first-order valence-corrected chi connectivity index (χ1v) is 5.24. The van der Waals surface area contributed by atoms with Gasteiger partial charge in [-0.3, -0.25) is 0 Å². The van der Waals surface area contributed by atoms with Crippen LogP contribution < -0.4 is 0 Å². The van der Waals surface area contributed by atoms with Crippen molar-refractivity contribution < 1.29 is 9.47 Å². The van der Waals surface area contributed by atoms with Crippen LogP contribution in [0.15, 0.2) is 0 Å². The molecule has 0 bridgehead atoms. The molecule has 0 amide bonds. The standard InChI is InChI=1S/C12H22O2/c1-11(2)9-7-5-6-8-10-12(13-3)14-4/h11-12H,5-7,9H2,1-4H3. The minimum atomic E-state index is -0.361. The predicted octanol–water partition coefficient (Wildman–Crippen LogP) is 2.83. The van der Waals surface area contributed by atoms with Gasteiger partial charge >= 0.3 is 0 Å². The maximum absolute atomic E-state index is 4.95. The highest BCUT2D eigenvalue weighted by Gasteiger charge is 1.96. The van der Waals surface area contributed by atoms with Crippen molar-refractivity contribution in [3.63, 3.8) is 0 Å². The molecule has 0 aromatic carbocycles. The van der Waals surface area contributed by atoms with Crippen molar-refractivity contribution >= 4 is 0 Å². The average molecular weight is 198 g/mol. The molecule has 0 aromatic heterocycles. The van der Waals surface area contributed by atoms with E-state index in [4.69, 9.17) is 9.47 Å². The maximum atomic E-state index is 4.95. The van der Waals surface area contributed by atoms with Gasteiger partial charge in [0.05, 0.1) is 0 Å². The van der Waals surface area contributed by atoms with E-state index in [9.17, 15) is 0 Å². The van der Waals surface area contributed by atoms with Crippen molar-refractivity contribution in [2.45, 2.75) is 45.8 Å². The second-order valence-corrected chi connectivity index (χ2v) is 3.76. The molecular formula is C12H22O2. The zero-order valence-electron chi connectivity index (χ0n) is 9.80. The van der Waals surface area contributed by atoms with E-state index in [-0.39, 0.29) is 6.29 Å². The lowest BCUT2D eigenvalue weighted by Crippen LogP contribution is -2.09. The molecule has 0 heterocycles. The molecule has 2 heteroatoms. The monoisotopic (exact) mass is 198 g/mol. The minimum Gasteiger partial charge on any atom is -0.345 e. The van der Waals surface area contributed by atoms with Crippen molar-refractivity contribution in [3.05, 3.63) is 0 Å². The molecule has 0 aromatic rings. The SMILES string of the molecule is COC(C#CCCCCC(C)C)OC. The number of unbranched alkanes of at least 4 members (excludes halogenated alkanes) is 2. The van der Waals surface area contributed by atoms with Crippen molar-refractivity contribution in [1.29, 1.82) is 0 Å². The Morgan fingerprint density at radius 2 is 1.71 bits per heavy atom. The highest BCUT2D eigenvalue weighted by molar-refractivity contribution is 5.01. The molecule has 0 fully saturated rings. The molecule has 14 heavy (non-hydrogen) atoms. The molecule has 0 aliphatic heterocycles. The van der Waals surface area contributed by atoms with E-state index in [1.54, 1.807) is 14.2 Å². The molecule has 2 nitrogen and oxygen atoms in total. The molecule has 0 spiro atoms. The highest BCUT2D eigenvalue weighted by Crippen LogP contribution is 2.07. The van der Waals surface area contributed by atoms with E-state index in [1.807, 2.05) is 0 Å². The molecule has 0 aliphatic carbocycles. The van der Waals surface area contributed by atoms with E-state index in [0.717, 1.165) is 12.3 Å². The van der Waals surface area contributed by atoms with E-state index in [1.165, 1.54) is 19.3 Å². The van der Waals surface area contributed by atoms with Crippen molar-refractivity contribution in [2.24, 2.45) is 5.92 Å². The van der Waals surface area contributed by atoms with Gasteiger partial charge in [0.2, 0.25) is 6.29 Å². The lowest BCUT2D eigenvalue weighted by atomic mass is 10.1. The number of methoxy groups -OCH3 is 2. The minimum absolute atomic E-state index is 0.361. The van der Waals surface area contributed by atoms with Crippen LogP contribution in [-0.2, 0) is 9.47 Å². The molecule has 0 radical (unpaired) electrons. The van der Waals surface area contributed by atoms with Gasteiger partial charge in [0, 0.05) is 20.6 Å². The van der Waals surface area contributed by atoms with Gasteiger partial charge in [-0.05, 0) is 18.3 Å². The highest BCUT2D eigenvalue weighted by atomic mass is 16.7. The lowest BCUT2D eigenvalue weighted by molar-refractivity contribution is -0.0595. The molecule has 0 aliphatic rings. The van der Waals surface area contributed by atoms with Crippen molar-refractivity contribution in [3.8, 4) is 11.8 Å². The number of hydrogen-bond acceptors (Lipinski definition) is 2. The molecule has 0 atom stereocenters. The zero-order valence-corrected chi connectivity index (χ0v) is 9.80. The number of hydrogen-bond donors (Lipinski definition) is 0. The Kier molecular flexibility index (Phi) is 8.72. The third kappa shape index (κ3) is 8.10. The summed E-state index contributed by atoms with van der Waals surface area (Å²) in [6, 6.07) is 0. The van der Waals surface area contributed by atoms with Gasteiger partial charge in [0.15, 0.2) is 0 Å². The van der Waals surface area contributed by atoms with Crippen LogP contribution in [0.1, 0.15) is 39.5 Å². The van der Waals surface area contributed by atoms with Crippen LogP contribution in [-0.4, -0.2) is 20.5 Å². The van der Waals surface area contributed by atoms with Crippen LogP contribution >= 0.6 is 0 Å². The summed E-state index contributed by atoms with van der Waals surface area (Å²) >= 11 is 0.